The SMILES string of the molecule is C#CC(CC)C(=N)C(=O)O. The molecule has 0 amide bonds. The maximum atomic E-state index is 10.1. The second-order valence-corrected chi connectivity index (χ2v) is 1.85. The predicted molar refractivity (Wildman–Crippen MR) is 38.0 cm³/mol. The number of carboxylic acid groups (broad SMARTS) is 1. The van der Waals surface area contributed by atoms with Gasteiger partial charge >= 0.3 is 5.97 Å². The van der Waals surface area contributed by atoms with Crippen LogP contribution in [-0.2, 0) is 4.79 Å². The highest BCUT2D eigenvalue weighted by Crippen LogP contribution is 2.01. The van der Waals surface area contributed by atoms with Crippen LogP contribution in [0.25, 0.3) is 0 Å². The Morgan fingerprint density at radius 2 is 2.40 bits per heavy atom. The van der Waals surface area contributed by atoms with Crippen LogP contribution in [0.15, 0.2) is 0 Å². The van der Waals surface area contributed by atoms with Crippen molar-refractivity contribution in [2.24, 2.45) is 5.92 Å². The van der Waals surface area contributed by atoms with Crippen molar-refractivity contribution in [3.05, 3.63) is 0 Å². The van der Waals surface area contributed by atoms with Crippen molar-refractivity contribution in [3.8, 4) is 12.3 Å². The van der Waals surface area contributed by atoms with Crippen molar-refractivity contribution in [2.45, 2.75) is 13.3 Å². The minimum Gasteiger partial charge on any atom is -0.477 e. The fraction of sp³-hybridized carbons (Fsp3) is 0.429. The van der Waals surface area contributed by atoms with Gasteiger partial charge in [0.2, 0.25) is 0 Å². The zero-order valence-corrected chi connectivity index (χ0v) is 5.72. The summed E-state index contributed by atoms with van der Waals surface area (Å²) < 4.78 is 0. The monoisotopic (exact) mass is 139 g/mol. The van der Waals surface area contributed by atoms with Crippen LogP contribution in [0.4, 0.5) is 0 Å². The third kappa shape index (κ3) is 1.90. The van der Waals surface area contributed by atoms with E-state index >= 15 is 0 Å². The Hall–Kier alpha value is -1.30. The van der Waals surface area contributed by atoms with Gasteiger partial charge in [0.1, 0.15) is 5.71 Å². The highest BCUT2D eigenvalue weighted by atomic mass is 16.4. The van der Waals surface area contributed by atoms with Crippen molar-refractivity contribution < 1.29 is 9.90 Å². The molecule has 1 unspecified atom stereocenters. The number of hydrogen-bond acceptors (Lipinski definition) is 2. The molecule has 0 aliphatic rings. The van der Waals surface area contributed by atoms with E-state index in [-0.39, 0.29) is 0 Å². The second-order valence-electron chi connectivity index (χ2n) is 1.85. The molecule has 3 nitrogen and oxygen atoms in total. The Bertz CT molecular complexity index is 190. The zero-order chi connectivity index (χ0) is 8.15. The van der Waals surface area contributed by atoms with Gasteiger partial charge < -0.3 is 5.11 Å². The van der Waals surface area contributed by atoms with Gasteiger partial charge in [0.25, 0.3) is 0 Å². The lowest BCUT2D eigenvalue weighted by molar-refractivity contribution is -0.129. The lowest BCUT2D eigenvalue weighted by Gasteiger charge is -2.02. The number of rotatable bonds is 3. The van der Waals surface area contributed by atoms with Gasteiger partial charge in [-0.1, -0.05) is 12.8 Å². The standard InChI is InChI=1S/C7H9NO2/c1-3-5(4-2)6(8)7(9)10/h1,5,8H,4H2,2H3,(H,9,10). The van der Waals surface area contributed by atoms with Crippen molar-refractivity contribution in [2.75, 3.05) is 0 Å². The first-order valence-electron chi connectivity index (χ1n) is 2.91. The topological polar surface area (TPSA) is 61.2 Å². The fourth-order valence-electron chi connectivity index (χ4n) is 0.554. The molecule has 0 saturated heterocycles. The van der Waals surface area contributed by atoms with Crippen molar-refractivity contribution >= 4 is 11.7 Å². The largest absolute Gasteiger partial charge is 0.477 e. The van der Waals surface area contributed by atoms with Crippen LogP contribution >= 0.6 is 0 Å². The molecule has 0 radical (unpaired) electrons. The number of aliphatic carboxylic acids is 1. The molecular weight excluding hydrogens is 130 g/mol. The summed E-state index contributed by atoms with van der Waals surface area (Å²) in [6.07, 6.45) is 5.47. The summed E-state index contributed by atoms with van der Waals surface area (Å²) >= 11 is 0. The normalized spacial score (nSPS) is 11.6. The van der Waals surface area contributed by atoms with Gasteiger partial charge in [0, 0.05) is 0 Å². The molecule has 0 aliphatic heterocycles. The van der Waals surface area contributed by atoms with Crippen LogP contribution in [0.2, 0.25) is 0 Å². The molecule has 0 aromatic heterocycles. The quantitative estimate of drug-likeness (QED) is 0.447. The molecule has 10 heavy (non-hydrogen) atoms. The molecule has 0 saturated carbocycles. The van der Waals surface area contributed by atoms with Crippen LogP contribution < -0.4 is 0 Å². The van der Waals surface area contributed by atoms with Gasteiger partial charge in [-0.2, -0.15) is 0 Å². The molecule has 0 aromatic rings. The summed E-state index contributed by atoms with van der Waals surface area (Å²) in [6.45, 7) is 1.75. The highest BCUT2D eigenvalue weighted by Gasteiger charge is 2.15. The van der Waals surface area contributed by atoms with Gasteiger partial charge in [-0.3, -0.25) is 5.41 Å². The lowest BCUT2D eigenvalue weighted by atomic mass is 10.0. The first-order chi connectivity index (χ1) is 4.63. The van der Waals surface area contributed by atoms with Gasteiger partial charge in [-0.25, -0.2) is 4.79 Å². The maximum Gasteiger partial charge on any atom is 0.350 e. The third-order valence-electron chi connectivity index (χ3n) is 1.19. The summed E-state index contributed by atoms with van der Waals surface area (Å²) in [5, 5.41) is 15.3. The van der Waals surface area contributed by atoms with E-state index in [9.17, 15) is 4.79 Å². The number of carboxylic acids is 1. The van der Waals surface area contributed by atoms with Crippen molar-refractivity contribution in [1.82, 2.24) is 0 Å². The van der Waals surface area contributed by atoms with Gasteiger partial charge in [-0.15, -0.1) is 6.42 Å². The molecule has 0 spiro atoms. The van der Waals surface area contributed by atoms with Crippen molar-refractivity contribution in [1.29, 1.82) is 5.41 Å². The Kier molecular flexibility index (Phi) is 3.20. The average molecular weight is 139 g/mol. The van der Waals surface area contributed by atoms with E-state index in [1.807, 2.05) is 0 Å². The summed E-state index contributed by atoms with van der Waals surface area (Å²) in [4.78, 5) is 10.1. The molecule has 1 atom stereocenters. The van der Waals surface area contributed by atoms with E-state index in [2.05, 4.69) is 5.92 Å². The smallest absolute Gasteiger partial charge is 0.350 e. The molecule has 0 bridgehead atoms. The Morgan fingerprint density at radius 3 is 2.50 bits per heavy atom. The first-order valence-corrected chi connectivity index (χ1v) is 2.91. The van der Waals surface area contributed by atoms with E-state index in [4.69, 9.17) is 16.9 Å². The predicted octanol–water partition coefficient (Wildman–Crippen LogP) is 0.750. The van der Waals surface area contributed by atoms with E-state index in [0.29, 0.717) is 6.42 Å². The molecule has 0 aliphatic carbocycles. The summed E-state index contributed by atoms with van der Waals surface area (Å²) in [5.74, 6) is 0.452. The number of carbonyl (C=O) groups is 1. The number of nitrogens with one attached hydrogen (secondary N) is 1. The average Bonchev–Trinajstić information content (AvgIpc) is 1.90. The molecule has 3 heteroatoms. The Morgan fingerprint density at radius 1 is 1.90 bits per heavy atom. The van der Waals surface area contributed by atoms with E-state index in [0.717, 1.165) is 0 Å². The first kappa shape index (κ1) is 8.70. The molecule has 0 fully saturated rings. The summed E-state index contributed by atoms with van der Waals surface area (Å²) in [6, 6.07) is 0. The highest BCUT2D eigenvalue weighted by molar-refractivity contribution is 6.35. The lowest BCUT2D eigenvalue weighted by Crippen LogP contribution is -2.20. The second kappa shape index (κ2) is 3.67. The minimum absolute atomic E-state index is 0.398. The molecular formula is C7H9NO2. The van der Waals surface area contributed by atoms with E-state index in [1.54, 1.807) is 6.92 Å². The Labute approximate surface area is 59.6 Å². The zero-order valence-electron chi connectivity index (χ0n) is 5.72. The summed E-state index contributed by atoms with van der Waals surface area (Å²) in [7, 11) is 0. The third-order valence-corrected chi connectivity index (χ3v) is 1.19. The maximum absolute atomic E-state index is 10.1. The van der Waals surface area contributed by atoms with Crippen LogP contribution in [0, 0.1) is 23.7 Å². The molecule has 0 rings (SSSR count). The molecule has 0 aromatic carbocycles. The minimum atomic E-state index is -1.23. The Balaban J connectivity index is 4.20. The van der Waals surface area contributed by atoms with Crippen molar-refractivity contribution in [3.63, 3.8) is 0 Å². The molecule has 0 heterocycles. The van der Waals surface area contributed by atoms with Crippen LogP contribution in [0.3, 0.4) is 0 Å². The molecule has 2 N–H and O–H groups in total. The van der Waals surface area contributed by atoms with E-state index < -0.39 is 17.6 Å². The van der Waals surface area contributed by atoms with Crippen LogP contribution in [0.1, 0.15) is 13.3 Å². The molecule has 54 valence electrons. The van der Waals surface area contributed by atoms with E-state index in [1.165, 1.54) is 0 Å². The fourth-order valence-corrected chi connectivity index (χ4v) is 0.554. The van der Waals surface area contributed by atoms with Crippen LogP contribution in [0.5, 0.6) is 0 Å². The van der Waals surface area contributed by atoms with Gasteiger partial charge in [0.05, 0.1) is 5.92 Å². The van der Waals surface area contributed by atoms with Crippen LogP contribution in [-0.4, -0.2) is 16.8 Å². The number of hydrogen-bond donors (Lipinski definition) is 2. The van der Waals surface area contributed by atoms with Gasteiger partial charge in [0.15, 0.2) is 0 Å². The van der Waals surface area contributed by atoms with Gasteiger partial charge in [-0.05, 0) is 6.42 Å². The number of terminal acetylenes is 1. The summed E-state index contributed by atoms with van der Waals surface area (Å²) in [5.41, 5.74) is -0.398.